The number of benzene rings is 1. The van der Waals surface area contributed by atoms with E-state index in [1.165, 1.54) is 12.8 Å². The lowest BCUT2D eigenvalue weighted by molar-refractivity contribution is 0.122. The fourth-order valence-electron chi connectivity index (χ4n) is 3.44. The average molecular weight is 306 g/mol. The van der Waals surface area contributed by atoms with Gasteiger partial charge in [0.15, 0.2) is 0 Å². The van der Waals surface area contributed by atoms with Crippen molar-refractivity contribution in [1.82, 2.24) is 4.90 Å². The third-order valence-corrected chi connectivity index (χ3v) is 5.89. The van der Waals surface area contributed by atoms with Gasteiger partial charge < -0.3 is 5.73 Å². The Bertz CT molecular complexity index is 637. The number of rotatable bonds is 3. The lowest BCUT2D eigenvalue weighted by atomic mass is 9.93. The van der Waals surface area contributed by atoms with Gasteiger partial charge in [-0.1, -0.05) is 13.0 Å². The van der Waals surface area contributed by atoms with E-state index < -0.39 is 0 Å². The lowest BCUT2D eigenvalue weighted by Gasteiger charge is -2.36. The van der Waals surface area contributed by atoms with Crippen molar-refractivity contribution in [2.45, 2.75) is 45.8 Å². The fraction of sp³-hybridized carbons (Fsp3) is 0.529. The first kappa shape index (κ1) is 14.9. The Balaban J connectivity index is 1.96. The smallest absolute Gasteiger partial charge is 0.132 e. The lowest BCUT2D eigenvalue weighted by Crippen LogP contribution is -2.39. The normalized spacial score (nSPS) is 23.8. The number of hydrogen-bond acceptors (Lipinski definition) is 3. The maximum atomic E-state index is 14.3. The number of hydrogen-bond donors (Lipinski definition) is 1. The molecule has 0 bridgehead atoms. The van der Waals surface area contributed by atoms with Crippen LogP contribution in [0, 0.1) is 11.7 Å². The zero-order valence-electron chi connectivity index (χ0n) is 12.7. The van der Waals surface area contributed by atoms with Crippen molar-refractivity contribution in [2.75, 3.05) is 6.54 Å². The predicted molar refractivity (Wildman–Crippen MR) is 87.9 cm³/mol. The van der Waals surface area contributed by atoms with Gasteiger partial charge in [-0.15, -0.1) is 11.3 Å². The van der Waals surface area contributed by atoms with Gasteiger partial charge in [-0.2, -0.15) is 0 Å². The van der Waals surface area contributed by atoms with Crippen LogP contribution in [0.1, 0.15) is 37.1 Å². The quantitative estimate of drug-likeness (QED) is 0.924. The number of fused-ring (bicyclic) bond motifs is 1. The summed E-state index contributed by atoms with van der Waals surface area (Å²) in [5.41, 5.74) is 7.00. The Morgan fingerprint density at radius 2 is 2.19 bits per heavy atom. The minimum absolute atomic E-state index is 0.114. The van der Waals surface area contributed by atoms with E-state index in [1.807, 2.05) is 6.07 Å². The summed E-state index contributed by atoms with van der Waals surface area (Å²) in [6, 6.07) is 5.89. The first-order valence-electron chi connectivity index (χ1n) is 7.73. The molecule has 2 nitrogen and oxygen atoms in total. The third kappa shape index (κ3) is 2.85. The molecule has 0 aliphatic carbocycles. The van der Waals surface area contributed by atoms with E-state index in [0.717, 1.165) is 39.5 Å². The zero-order chi connectivity index (χ0) is 15.0. The molecule has 0 amide bonds. The van der Waals surface area contributed by atoms with Crippen LogP contribution in [0.25, 0.3) is 10.1 Å². The molecular weight excluding hydrogens is 283 g/mol. The van der Waals surface area contributed by atoms with E-state index in [9.17, 15) is 4.39 Å². The first-order valence-corrected chi connectivity index (χ1v) is 8.54. The van der Waals surface area contributed by atoms with Crippen LogP contribution in [-0.2, 0) is 13.1 Å². The van der Waals surface area contributed by atoms with Crippen molar-refractivity contribution in [3.63, 3.8) is 0 Å². The van der Waals surface area contributed by atoms with Crippen molar-refractivity contribution >= 4 is 21.4 Å². The van der Waals surface area contributed by atoms with Crippen LogP contribution in [0.3, 0.4) is 0 Å². The minimum Gasteiger partial charge on any atom is -0.326 e. The number of likely N-dealkylation sites (tertiary alicyclic amines) is 1. The van der Waals surface area contributed by atoms with E-state index in [1.54, 1.807) is 23.5 Å². The molecule has 0 radical (unpaired) electrons. The molecule has 21 heavy (non-hydrogen) atoms. The molecule has 1 aliphatic rings. The highest BCUT2D eigenvalue weighted by molar-refractivity contribution is 7.19. The van der Waals surface area contributed by atoms with Crippen LogP contribution in [0.4, 0.5) is 4.39 Å². The second-order valence-corrected chi connectivity index (χ2v) is 7.41. The molecule has 1 fully saturated rings. The van der Waals surface area contributed by atoms with Gasteiger partial charge in [0.25, 0.3) is 0 Å². The molecule has 2 atom stereocenters. The van der Waals surface area contributed by atoms with Crippen molar-refractivity contribution in [3.05, 3.63) is 34.5 Å². The molecule has 3 rings (SSSR count). The fourth-order valence-corrected chi connectivity index (χ4v) is 4.55. The molecule has 2 aromatic rings. The summed E-state index contributed by atoms with van der Waals surface area (Å²) >= 11 is 1.64. The standard InChI is InChI=1S/C17H23FN2S/c1-11-6-7-20(12(2)8-11)10-13-16(9-19)21-15-5-3-4-14(18)17(13)15/h3-5,11-12H,6-10,19H2,1-2H3. The largest absolute Gasteiger partial charge is 0.326 e. The van der Waals surface area contributed by atoms with Gasteiger partial charge in [-0.05, 0) is 49.9 Å². The minimum atomic E-state index is -0.114. The number of piperidine rings is 1. The molecule has 114 valence electrons. The van der Waals surface area contributed by atoms with Crippen molar-refractivity contribution in [2.24, 2.45) is 11.7 Å². The summed E-state index contributed by atoms with van der Waals surface area (Å²) in [5, 5.41) is 0.786. The SMILES string of the molecule is CC1CCN(Cc2c(CN)sc3cccc(F)c23)C(C)C1. The first-order chi connectivity index (χ1) is 10.1. The van der Waals surface area contributed by atoms with Gasteiger partial charge in [-0.25, -0.2) is 4.39 Å². The highest BCUT2D eigenvalue weighted by Gasteiger charge is 2.25. The summed E-state index contributed by atoms with van der Waals surface area (Å²) in [7, 11) is 0. The van der Waals surface area contributed by atoms with Gasteiger partial charge >= 0.3 is 0 Å². The Morgan fingerprint density at radius 1 is 1.38 bits per heavy atom. The Morgan fingerprint density at radius 3 is 2.90 bits per heavy atom. The average Bonchev–Trinajstić information content (AvgIpc) is 2.81. The van der Waals surface area contributed by atoms with E-state index in [4.69, 9.17) is 5.73 Å². The molecule has 1 aliphatic heterocycles. The summed E-state index contributed by atoms with van der Waals surface area (Å²) in [6.07, 6.45) is 2.45. The number of nitrogens with zero attached hydrogens (tertiary/aromatic N) is 1. The van der Waals surface area contributed by atoms with Crippen molar-refractivity contribution in [3.8, 4) is 0 Å². The maximum absolute atomic E-state index is 14.3. The molecule has 2 unspecified atom stereocenters. The molecule has 1 saturated heterocycles. The van der Waals surface area contributed by atoms with E-state index in [-0.39, 0.29) is 5.82 Å². The number of halogens is 1. The van der Waals surface area contributed by atoms with E-state index >= 15 is 0 Å². The third-order valence-electron chi connectivity index (χ3n) is 4.67. The highest BCUT2D eigenvalue weighted by atomic mass is 32.1. The Hall–Kier alpha value is -0.970. The Kier molecular flexibility index (Phi) is 4.29. The predicted octanol–water partition coefficient (Wildman–Crippen LogP) is 4.12. The van der Waals surface area contributed by atoms with Crippen LogP contribution in [-0.4, -0.2) is 17.5 Å². The van der Waals surface area contributed by atoms with Crippen molar-refractivity contribution < 1.29 is 4.39 Å². The van der Waals surface area contributed by atoms with Crippen molar-refractivity contribution in [1.29, 1.82) is 0 Å². The van der Waals surface area contributed by atoms with Crippen LogP contribution in [0.5, 0.6) is 0 Å². The topological polar surface area (TPSA) is 29.3 Å². The second-order valence-electron chi connectivity index (χ2n) is 6.27. The van der Waals surface area contributed by atoms with Gasteiger partial charge in [0.1, 0.15) is 5.82 Å². The monoisotopic (exact) mass is 306 g/mol. The summed E-state index contributed by atoms with van der Waals surface area (Å²) in [6.45, 7) is 7.01. The molecule has 1 aromatic carbocycles. The second kappa shape index (κ2) is 6.03. The molecule has 2 heterocycles. The van der Waals surface area contributed by atoms with E-state index in [0.29, 0.717) is 12.6 Å². The van der Waals surface area contributed by atoms with Gasteiger partial charge in [0.05, 0.1) is 0 Å². The molecule has 0 saturated carbocycles. The molecule has 1 aromatic heterocycles. The molecular formula is C17H23FN2S. The highest BCUT2D eigenvalue weighted by Crippen LogP contribution is 2.35. The number of nitrogens with two attached hydrogens (primary N) is 1. The summed E-state index contributed by atoms with van der Waals surface area (Å²) in [4.78, 5) is 3.61. The Labute approximate surface area is 129 Å². The zero-order valence-corrected chi connectivity index (χ0v) is 13.5. The molecule has 4 heteroatoms. The van der Waals surface area contributed by atoms with Gasteiger partial charge in [0.2, 0.25) is 0 Å². The number of thiophene rings is 1. The van der Waals surface area contributed by atoms with Gasteiger partial charge in [-0.3, -0.25) is 4.90 Å². The van der Waals surface area contributed by atoms with Crippen LogP contribution < -0.4 is 5.73 Å². The maximum Gasteiger partial charge on any atom is 0.132 e. The summed E-state index contributed by atoms with van der Waals surface area (Å²) in [5.74, 6) is 0.678. The van der Waals surface area contributed by atoms with Gasteiger partial charge in [0, 0.05) is 34.1 Å². The molecule has 2 N–H and O–H groups in total. The van der Waals surface area contributed by atoms with E-state index in [2.05, 4.69) is 18.7 Å². The van der Waals surface area contributed by atoms with Crippen LogP contribution in [0.2, 0.25) is 0 Å². The van der Waals surface area contributed by atoms with Crippen LogP contribution in [0.15, 0.2) is 18.2 Å². The summed E-state index contributed by atoms with van der Waals surface area (Å²) < 4.78 is 15.3. The van der Waals surface area contributed by atoms with Crippen LogP contribution >= 0.6 is 11.3 Å². The molecule has 0 spiro atoms.